The molecule has 1 aromatic carbocycles. The van der Waals surface area contributed by atoms with Crippen molar-refractivity contribution in [2.75, 3.05) is 19.6 Å². The van der Waals surface area contributed by atoms with Crippen LogP contribution in [0.4, 0.5) is 0 Å². The molecule has 1 N–H and O–H groups in total. The van der Waals surface area contributed by atoms with Gasteiger partial charge in [0.15, 0.2) is 0 Å². The Morgan fingerprint density at radius 2 is 2.00 bits per heavy atom. The van der Waals surface area contributed by atoms with Crippen LogP contribution in [0.15, 0.2) is 18.2 Å². The van der Waals surface area contributed by atoms with Gasteiger partial charge in [0.25, 0.3) is 0 Å². The molecule has 0 saturated carbocycles. The summed E-state index contributed by atoms with van der Waals surface area (Å²) in [7, 11) is 0. The zero-order valence-electron chi connectivity index (χ0n) is 10.0. The van der Waals surface area contributed by atoms with E-state index in [2.05, 4.69) is 17.1 Å². The summed E-state index contributed by atoms with van der Waals surface area (Å²) in [6.45, 7) is 6.24. The topological polar surface area (TPSA) is 15.3 Å². The Morgan fingerprint density at radius 1 is 1.29 bits per heavy atom. The van der Waals surface area contributed by atoms with Crippen LogP contribution in [0.25, 0.3) is 0 Å². The predicted molar refractivity (Wildman–Crippen MR) is 73.8 cm³/mol. The van der Waals surface area contributed by atoms with Crippen molar-refractivity contribution in [1.29, 1.82) is 0 Å². The molecule has 0 amide bonds. The summed E-state index contributed by atoms with van der Waals surface area (Å²) >= 11 is 12.4. The lowest BCUT2D eigenvalue weighted by molar-refractivity contribution is 0.282. The SMILES string of the molecule is CC1CCN(Cc2c(Cl)cccc2Cl)CCN1. The molecular weight excluding hydrogens is 255 g/mol. The molecule has 1 unspecified atom stereocenters. The van der Waals surface area contributed by atoms with Crippen molar-refractivity contribution in [2.24, 2.45) is 0 Å². The Bertz CT molecular complexity index is 361. The monoisotopic (exact) mass is 272 g/mol. The fraction of sp³-hybridized carbons (Fsp3) is 0.538. The van der Waals surface area contributed by atoms with Gasteiger partial charge in [-0.15, -0.1) is 0 Å². The number of hydrogen-bond acceptors (Lipinski definition) is 2. The van der Waals surface area contributed by atoms with Crippen LogP contribution in [0, 0.1) is 0 Å². The second-order valence-corrected chi connectivity index (χ2v) is 5.43. The molecule has 4 heteroatoms. The first-order valence-electron chi connectivity index (χ1n) is 6.05. The lowest BCUT2D eigenvalue weighted by atomic mass is 10.2. The molecule has 0 aromatic heterocycles. The molecular formula is C13H18Cl2N2. The summed E-state index contributed by atoms with van der Waals surface area (Å²) in [6, 6.07) is 6.30. The van der Waals surface area contributed by atoms with Crippen LogP contribution >= 0.6 is 23.2 Å². The van der Waals surface area contributed by atoms with Gasteiger partial charge in [-0.2, -0.15) is 0 Å². The zero-order valence-corrected chi connectivity index (χ0v) is 11.6. The molecule has 2 rings (SSSR count). The van der Waals surface area contributed by atoms with Gasteiger partial charge in [0.2, 0.25) is 0 Å². The highest BCUT2D eigenvalue weighted by Gasteiger charge is 2.15. The number of hydrogen-bond donors (Lipinski definition) is 1. The third-order valence-electron chi connectivity index (χ3n) is 3.24. The van der Waals surface area contributed by atoms with E-state index in [4.69, 9.17) is 23.2 Å². The summed E-state index contributed by atoms with van der Waals surface area (Å²) in [5, 5.41) is 5.01. The van der Waals surface area contributed by atoms with Crippen LogP contribution in [0.1, 0.15) is 18.9 Å². The van der Waals surface area contributed by atoms with Crippen molar-refractivity contribution in [3.63, 3.8) is 0 Å². The second-order valence-electron chi connectivity index (χ2n) is 4.62. The lowest BCUT2D eigenvalue weighted by Gasteiger charge is -2.20. The highest BCUT2D eigenvalue weighted by molar-refractivity contribution is 6.35. The van der Waals surface area contributed by atoms with Crippen molar-refractivity contribution in [3.8, 4) is 0 Å². The number of nitrogens with zero attached hydrogens (tertiary/aromatic N) is 1. The van der Waals surface area contributed by atoms with Gasteiger partial charge >= 0.3 is 0 Å². The first kappa shape index (κ1) is 13.2. The summed E-state index contributed by atoms with van der Waals surface area (Å²) in [4.78, 5) is 2.41. The van der Waals surface area contributed by atoms with E-state index in [1.54, 1.807) is 0 Å². The molecule has 0 bridgehead atoms. The van der Waals surface area contributed by atoms with E-state index >= 15 is 0 Å². The fourth-order valence-electron chi connectivity index (χ4n) is 2.12. The Hall–Kier alpha value is -0.280. The van der Waals surface area contributed by atoms with Gasteiger partial charge in [-0.05, 0) is 25.5 Å². The summed E-state index contributed by atoms with van der Waals surface area (Å²) in [5.41, 5.74) is 1.05. The smallest absolute Gasteiger partial charge is 0.0465 e. The molecule has 1 aliphatic rings. The van der Waals surface area contributed by atoms with E-state index in [9.17, 15) is 0 Å². The van der Waals surface area contributed by atoms with Crippen LogP contribution in [-0.2, 0) is 6.54 Å². The summed E-state index contributed by atoms with van der Waals surface area (Å²) in [5.74, 6) is 0. The van der Waals surface area contributed by atoms with E-state index < -0.39 is 0 Å². The number of benzene rings is 1. The van der Waals surface area contributed by atoms with E-state index in [1.807, 2.05) is 18.2 Å². The Kier molecular flexibility index (Phi) is 4.69. The molecule has 94 valence electrons. The minimum atomic E-state index is 0.599. The molecule has 0 aliphatic carbocycles. The van der Waals surface area contributed by atoms with E-state index in [0.717, 1.165) is 41.8 Å². The Balaban J connectivity index is 2.05. The van der Waals surface area contributed by atoms with Gasteiger partial charge < -0.3 is 5.32 Å². The molecule has 2 nitrogen and oxygen atoms in total. The van der Waals surface area contributed by atoms with E-state index in [1.165, 1.54) is 6.42 Å². The van der Waals surface area contributed by atoms with E-state index in [0.29, 0.717) is 6.04 Å². The molecule has 1 aliphatic heterocycles. The van der Waals surface area contributed by atoms with Gasteiger partial charge in [-0.1, -0.05) is 29.3 Å². The number of halogens is 2. The van der Waals surface area contributed by atoms with Crippen LogP contribution in [0.5, 0.6) is 0 Å². The van der Waals surface area contributed by atoms with Crippen molar-refractivity contribution in [2.45, 2.75) is 25.9 Å². The summed E-state index contributed by atoms with van der Waals surface area (Å²) in [6.07, 6.45) is 1.17. The standard InChI is InChI=1S/C13H18Cl2N2/c1-10-5-7-17(8-6-16-10)9-11-12(14)3-2-4-13(11)15/h2-4,10,16H,5-9H2,1H3. The summed E-state index contributed by atoms with van der Waals surface area (Å²) < 4.78 is 0. The first-order chi connectivity index (χ1) is 8.16. The van der Waals surface area contributed by atoms with Gasteiger partial charge in [0.05, 0.1) is 0 Å². The highest BCUT2D eigenvalue weighted by Crippen LogP contribution is 2.25. The second kappa shape index (κ2) is 6.05. The minimum Gasteiger partial charge on any atom is -0.313 e. The van der Waals surface area contributed by atoms with Crippen molar-refractivity contribution >= 4 is 23.2 Å². The quantitative estimate of drug-likeness (QED) is 0.890. The minimum absolute atomic E-state index is 0.599. The largest absolute Gasteiger partial charge is 0.313 e. The number of nitrogens with one attached hydrogen (secondary N) is 1. The van der Waals surface area contributed by atoms with Gasteiger partial charge in [-0.25, -0.2) is 0 Å². The van der Waals surface area contributed by atoms with Crippen LogP contribution in [-0.4, -0.2) is 30.6 Å². The van der Waals surface area contributed by atoms with Crippen molar-refractivity contribution < 1.29 is 0 Å². The van der Waals surface area contributed by atoms with Crippen LogP contribution in [0.2, 0.25) is 10.0 Å². The normalized spacial score (nSPS) is 22.4. The first-order valence-corrected chi connectivity index (χ1v) is 6.81. The molecule has 1 heterocycles. The maximum absolute atomic E-state index is 6.19. The molecule has 1 fully saturated rings. The van der Waals surface area contributed by atoms with Gasteiger partial charge in [0, 0.05) is 47.8 Å². The molecule has 1 atom stereocenters. The maximum Gasteiger partial charge on any atom is 0.0465 e. The zero-order chi connectivity index (χ0) is 12.3. The predicted octanol–water partition coefficient (Wildman–Crippen LogP) is 3.18. The highest BCUT2D eigenvalue weighted by atomic mass is 35.5. The van der Waals surface area contributed by atoms with Crippen molar-refractivity contribution in [3.05, 3.63) is 33.8 Å². The molecule has 1 saturated heterocycles. The lowest BCUT2D eigenvalue weighted by Crippen LogP contribution is -2.29. The van der Waals surface area contributed by atoms with Crippen molar-refractivity contribution in [1.82, 2.24) is 10.2 Å². The average Bonchev–Trinajstić information content (AvgIpc) is 2.49. The molecule has 1 aromatic rings. The molecule has 17 heavy (non-hydrogen) atoms. The third kappa shape index (κ3) is 3.59. The maximum atomic E-state index is 6.19. The Morgan fingerprint density at radius 3 is 2.71 bits per heavy atom. The van der Waals surface area contributed by atoms with E-state index in [-0.39, 0.29) is 0 Å². The fourth-order valence-corrected chi connectivity index (χ4v) is 2.64. The molecule has 0 radical (unpaired) electrons. The molecule has 0 spiro atoms. The Labute approximate surface area is 113 Å². The average molecular weight is 273 g/mol. The third-order valence-corrected chi connectivity index (χ3v) is 3.95. The number of rotatable bonds is 2. The van der Waals surface area contributed by atoms with Crippen LogP contribution < -0.4 is 5.32 Å². The van der Waals surface area contributed by atoms with Gasteiger partial charge in [-0.3, -0.25) is 4.90 Å². The van der Waals surface area contributed by atoms with Gasteiger partial charge in [0.1, 0.15) is 0 Å². The van der Waals surface area contributed by atoms with Crippen LogP contribution in [0.3, 0.4) is 0 Å².